The first-order valence-electron chi connectivity index (χ1n) is 10.9. The van der Waals surface area contributed by atoms with Crippen LogP contribution >= 0.6 is 0 Å². The van der Waals surface area contributed by atoms with Crippen LogP contribution in [0.2, 0.25) is 0 Å². The number of carboxylic acid groups (broad SMARTS) is 1. The maximum absolute atomic E-state index is 15.0. The number of aliphatic carboxylic acids is 1. The second-order valence-corrected chi connectivity index (χ2v) is 8.11. The summed E-state index contributed by atoms with van der Waals surface area (Å²) in [5.41, 5.74) is -0.0112. The lowest BCUT2D eigenvalue weighted by Gasteiger charge is -2.23. The Labute approximate surface area is 204 Å². The smallest absolute Gasteiger partial charge is 0.486 e. The van der Waals surface area contributed by atoms with Gasteiger partial charge in [0.05, 0.1) is 6.54 Å². The molecule has 10 heteroatoms. The third kappa shape index (κ3) is 7.67. The first-order chi connectivity index (χ1) is 16.9. The monoisotopic (exact) mass is 509 g/mol. The van der Waals surface area contributed by atoms with E-state index in [0.717, 1.165) is 29.8 Å². The van der Waals surface area contributed by atoms with Crippen molar-refractivity contribution in [1.29, 1.82) is 0 Å². The van der Waals surface area contributed by atoms with E-state index in [1.54, 1.807) is 11.9 Å². The number of hydrogen-bond donors (Lipinski definition) is 1. The number of halogens is 5. The van der Waals surface area contributed by atoms with Gasteiger partial charge in [-0.15, -0.1) is 13.2 Å². The lowest BCUT2D eigenvalue weighted by Crippen LogP contribution is -2.28. The third-order valence-corrected chi connectivity index (χ3v) is 5.30. The molecule has 0 saturated heterocycles. The first kappa shape index (κ1) is 26.9. The van der Waals surface area contributed by atoms with E-state index in [9.17, 15) is 26.7 Å². The Kier molecular flexibility index (Phi) is 8.52. The number of hydrogen-bond acceptors (Lipinski definition) is 4. The van der Waals surface area contributed by atoms with Crippen molar-refractivity contribution < 1.29 is 41.3 Å². The highest BCUT2D eigenvalue weighted by Crippen LogP contribution is 2.38. The van der Waals surface area contributed by atoms with E-state index in [4.69, 9.17) is 9.84 Å². The maximum Gasteiger partial charge on any atom is 0.573 e. The Bertz CT molecular complexity index is 1120. The van der Waals surface area contributed by atoms with Gasteiger partial charge in [0.15, 0.2) is 0 Å². The van der Waals surface area contributed by atoms with Gasteiger partial charge in [0.25, 0.3) is 5.92 Å². The molecular weight excluding hydrogens is 485 g/mol. The second kappa shape index (κ2) is 11.4. The molecular formula is C26H24F5NO4. The fourth-order valence-electron chi connectivity index (χ4n) is 3.55. The van der Waals surface area contributed by atoms with Crippen molar-refractivity contribution in [3.63, 3.8) is 0 Å². The van der Waals surface area contributed by atoms with Crippen LogP contribution in [0.15, 0.2) is 78.9 Å². The summed E-state index contributed by atoms with van der Waals surface area (Å²) in [4.78, 5) is 12.6. The number of alkyl halides is 5. The molecule has 36 heavy (non-hydrogen) atoms. The predicted molar refractivity (Wildman–Crippen MR) is 122 cm³/mol. The largest absolute Gasteiger partial charge is 0.573 e. The molecule has 0 aliphatic heterocycles. The zero-order valence-electron chi connectivity index (χ0n) is 19.2. The molecule has 3 aromatic rings. The molecule has 0 amide bonds. The highest BCUT2D eigenvalue weighted by atomic mass is 19.4. The fraction of sp³-hybridized carbons (Fsp3) is 0.269. The summed E-state index contributed by atoms with van der Waals surface area (Å²) < 4.78 is 76.6. The molecule has 0 heterocycles. The molecule has 0 saturated carbocycles. The minimum Gasteiger partial charge on any atom is -0.486 e. The molecule has 192 valence electrons. The molecule has 0 spiro atoms. The average Bonchev–Trinajstić information content (AvgIpc) is 2.81. The van der Waals surface area contributed by atoms with Gasteiger partial charge in [0, 0.05) is 24.1 Å². The summed E-state index contributed by atoms with van der Waals surface area (Å²) >= 11 is 0. The van der Waals surface area contributed by atoms with Gasteiger partial charge in [-0.1, -0.05) is 30.3 Å². The lowest BCUT2D eigenvalue weighted by molar-refractivity contribution is -0.274. The third-order valence-electron chi connectivity index (χ3n) is 5.30. The second-order valence-electron chi connectivity index (χ2n) is 8.11. The summed E-state index contributed by atoms with van der Waals surface area (Å²) in [6.07, 6.45) is -4.91. The predicted octanol–water partition coefficient (Wildman–Crippen LogP) is 6.25. The normalized spacial score (nSPS) is 12.9. The molecule has 0 fully saturated rings. The molecule has 3 rings (SSSR count). The summed E-state index contributed by atoms with van der Waals surface area (Å²) in [7, 11) is 1.68. The van der Waals surface area contributed by atoms with E-state index < -0.39 is 35.7 Å². The van der Waals surface area contributed by atoms with Gasteiger partial charge in [-0.2, -0.15) is 8.78 Å². The topological polar surface area (TPSA) is 59.0 Å². The summed E-state index contributed by atoms with van der Waals surface area (Å²) in [6, 6.07) is 17.8. The lowest BCUT2D eigenvalue weighted by atomic mass is 10.00. The van der Waals surface area contributed by atoms with Crippen molar-refractivity contribution in [2.75, 3.05) is 20.1 Å². The van der Waals surface area contributed by atoms with Crippen LogP contribution in [-0.2, 0) is 10.7 Å². The van der Waals surface area contributed by atoms with Gasteiger partial charge < -0.3 is 14.6 Å². The van der Waals surface area contributed by atoms with Gasteiger partial charge in [-0.3, -0.25) is 9.69 Å². The fourth-order valence-corrected chi connectivity index (χ4v) is 3.55. The van der Waals surface area contributed by atoms with Gasteiger partial charge in [-0.25, -0.2) is 0 Å². The zero-order chi connectivity index (χ0) is 26.3. The Balaban J connectivity index is 1.73. The Morgan fingerprint density at radius 2 is 1.39 bits per heavy atom. The van der Waals surface area contributed by atoms with Crippen LogP contribution < -0.4 is 9.47 Å². The minimum absolute atomic E-state index is 0.130. The highest BCUT2D eigenvalue weighted by Gasteiger charge is 2.35. The molecule has 3 aromatic carbocycles. The van der Waals surface area contributed by atoms with Crippen LogP contribution in [-0.4, -0.2) is 42.5 Å². The molecule has 0 radical (unpaired) electrons. The van der Waals surface area contributed by atoms with Gasteiger partial charge in [0.1, 0.15) is 17.6 Å². The minimum atomic E-state index is -4.91. The SMILES string of the molecule is CN(CCC(Oc1ccc(C(F)(F)c2ccc(OC(F)(F)F)cc2)cc1)c1ccccc1)CC(=O)O. The zero-order valence-corrected chi connectivity index (χ0v) is 19.2. The number of carbonyl (C=O) groups is 1. The first-order valence-corrected chi connectivity index (χ1v) is 10.9. The van der Waals surface area contributed by atoms with E-state index in [2.05, 4.69) is 4.74 Å². The number of benzene rings is 3. The van der Waals surface area contributed by atoms with Gasteiger partial charge in [-0.05, 0) is 61.1 Å². The van der Waals surface area contributed by atoms with E-state index in [1.807, 2.05) is 30.3 Å². The number of rotatable bonds is 11. The van der Waals surface area contributed by atoms with E-state index in [1.165, 1.54) is 24.3 Å². The van der Waals surface area contributed by atoms with Crippen molar-refractivity contribution in [2.45, 2.75) is 24.8 Å². The molecule has 1 N–H and O–H groups in total. The van der Waals surface area contributed by atoms with Gasteiger partial charge >= 0.3 is 12.3 Å². The van der Waals surface area contributed by atoms with Crippen molar-refractivity contribution in [1.82, 2.24) is 4.90 Å². The average molecular weight is 509 g/mol. The van der Waals surface area contributed by atoms with Gasteiger partial charge in [0.2, 0.25) is 0 Å². The number of nitrogens with zero attached hydrogens (tertiary/aromatic N) is 1. The van der Waals surface area contributed by atoms with Crippen LogP contribution in [0, 0.1) is 0 Å². The van der Waals surface area contributed by atoms with Crippen LogP contribution in [0.5, 0.6) is 11.5 Å². The molecule has 1 atom stereocenters. The molecule has 5 nitrogen and oxygen atoms in total. The summed E-state index contributed by atoms with van der Waals surface area (Å²) in [5, 5.41) is 8.95. The van der Waals surface area contributed by atoms with Crippen LogP contribution in [0.1, 0.15) is 29.2 Å². The maximum atomic E-state index is 15.0. The summed E-state index contributed by atoms with van der Waals surface area (Å²) in [6.45, 7) is 0.296. The Morgan fingerprint density at radius 1 is 0.861 bits per heavy atom. The number of carboxylic acids is 1. The number of likely N-dealkylation sites (N-methyl/N-ethyl adjacent to an activating group) is 1. The Hall–Kier alpha value is -3.66. The van der Waals surface area contributed by atoms with E-state index >= 15 is 0 Å². The molecule has 0 aliphatic rings. The highest BCUT2D eigenvalue weighted by molar-refractivity contribution is 5.69. The molecule has 1 unspecified atom stereocenters. The summed E-state index contributed by atoms with van der Waals surface area (Å²) in [5.74, 6) is -4.67. The van der Waals surface area contributed by atoms with Crippen molar-refractivity contribution in [3.8, 4) is 11.5 Å². The quantitative estimate of drug-likeness (QED) is 0.310. The van der Waals surface area contributed by atoms with E-state index in [-0.39, 0.29) is 12.1 Å². The Morgan fingerprint density at radius 3 is 1.89 bits per heavy atom. The number of ether oxygens (including phenoxy) is 2. The molecule has 0 aromatic heterocycles. The standard InChI is InChI=1S/C26H24F5NO4/c1-32(17-24(33)34)16-15-23(18-5-3-2-4-6-18)35-21-11-7-19(8-12-21)25(27,28)20-9-13-22(14-10-20)36-26(29,30)31/h2-14,23H,15-17H2,1H3,(H,33,34). The van der Waals surface area contributed by atoms with E-state index in [0.29, 0.717) is 18.7 Å². The molecule has 0 aliphatic carbocycles. The van der Waals surface area contributed by atoms with Crippen molar-refractivity contribution in [2.24, 2.45) is 0 Å². The van der Waals surface area contributed by atoms with Crippen LogP contribution in [0.4, 0.5) is 22.0 Å². The van der Waals surface area contributed by atoms with Crippen molar-refractivity contribution in [3.05, 3.63) is 95.6 Å². The van der Waals surface area contributed by atoms with Crippen LogP contribution in [0.3, 0.4) is 0 Å². The van der Waals surface area contributed by atoms with Crippen LogP contribution in [0.25, 0.3) is 0 Å². The molecule has 0 bridgehead atoms. The van der Waals surface area contributed by atoms with Crippen molar-refractivity contribution >= 4 is 5.97 Å².